The summed E-state index contributed by atoms with van der Waals surface area (Å²) >= 11 is 1.38. The molecule has 0 atom stereocenters. The van der Waals surface area contributed by atoms with E-state index in [0.717, 1.165) is 27.4 Å². The molecule has 5 rings (SSSR count). The topological polar surface area (TPSA) is 151 Å². The first-order chi connectivity index (χ1) is 19.4. The lowest BCUT2D eigenvalue weighted by molar-refractivity contribution is -0.384. The van der Waals surface area contributed by atoms with Crippen molar-refractivity contribution in [1.82, 2.24) is 14.8 Å². The molecule has 11 heteroatoms. The molecular weight excluding hydrogens is 524 g/mol. The summed E-state index contributed by atoms with van der Waals surface area (Å²) in [5.41, 5.74) is 16.5. The molecule has 0 amide bonds. The predicted molar refractivity (Wildman–Crippen MR) is 159 cm³/mol. The smallest absolute Gasteiger partial charge is 0.270 e. The van der Waals surface area contributed by atoms with Gasteiger partial charge in [-0.3, -0.25) is 10.1 Å². The number of aromatic nitrogens is 3. The van der Waals surface area contributed by atoms with Crippen molar-refractivity contribution in [2.45, 2.75) is 6.92 Å². The highest BCUT2D eigenvalue weighted by Gasteiger charge is 2.19. The fourth-order valence-electron chi connectivity index (χ4n) is 3.99. The Balaban J connectivity index is 1.59. The quantitative estimate of drug-likeness (QED) is 0.112. The Labute approximate surface area is 233 Å². The summed E-state index contributed by atoms with van der Waals surface area (Å²) in [7, 11) is 0. The number of rotatable bonds is 8. The third-order valence-electron chi connectivity index (χ3n) is 5.84. The van der Waals surface area contributed by atoms with Crippen LogP contribution in [-0.2, 0) is 0 Å². The molecule has 0 aliphatic carbocycles. The summed E-state index contributed by atoms with van der Waals surface area (Å²) in [6.45, 7) is 1.87. The second kappa shape index (κ2) is 11.5. The highest BCUT2D eigenvalue weighted by atomic mass is 32.1. The molecule has 10 nitrogen and oxygen atoms in total. The van der Waals surface area contributed by atoms with Crippen LogP contribution in [0.5, 0.6) is 0 Å². The first-order valence-corrected chi connectivity index (χ1v) is 13.0. The molecule has 0 spiro atoms. The van der Waals surface area contributed by atoms with Crippen LogP contribution in [0.3, 0.4) is 0 Å². The van der Waals surface area contributed by atoms with Crippen LogP contribution in [0.2, 0.25) is 0 Å². The number of guanidine groups is 1. The lowest BCUT2D eigenvalue weighted by Crippen LogP contribution is -2.22. The van der Waals surface area contributed by atoms with Crippen molar-refractivity contribution >= 4 is 34.8 Å². The number of benzene rings is 3. The van der Waals surface area contributed by atoms with Gasteiger partial charge in [-0.05, 0) is 24.6 Å². The number of thiazole rings is 1. The van der Waals surface area contributed by atoms with Gasteiger partial charge in [-0.2, -0.15) is 5.10 Å². The van der Waals surface area contributed by atoms with E-state index in [0.29, 0.717) is 22.1 Å². The standard InChI is InChI=1S/C29H24N8O2S/c1-19-27(24(33-34-28(30)31)16-15-20-9-8-14-23(17-20)37(38)39)40-29(32-19)36-26(22-12-6-3-7-13-22)18-25(35-36)21-10-4-2-5-11-21/h2-18H,1H3,(H4,30,31,34)/b16-15+,33-24-. The maximum atomic E-state index is 11.2. The summed E-state index contributed by atoms with van der Waals surface area (Å²) in [5.74, 6) is -0.199. The van der Waals surface area contributed by atoms with Gasteiger partial charge in [0.2, 0.25) is 11.1 Å². The monoisotopic (exact) mass is 548 g/mol. The summed E-state index contributed by atoms with van der Waals surface area (Å²) in [4.78, 5) is 16.3. The van der Waals surface area contributed by atoms with Crippen LogP contribution >= 0.6 is 11.3 Å². The SMILES string of the molecule is Cc1nc(-n2nc(-c3ccccc3)cc2-c2ccccc2)sc1C(/C=C/c1cccc([N+](=O)[O-])c1)=N\N=C(N)N. The van der Waals surface area contributed by atoms with Gasteiger partial charge in [-0.1, -0.05) is 90.2 Å². The molecule has 0 unspecified atom stereocenters. The molecule has 0 saturated carbocycles. The average Bonchev–Trinajstić information content (AvgIpc) is 3.58. The van der Waals surface area contributed by atoms with Gasteiger partial charge in [0.25, 0.3) is 5.69 Å². The van der Waals surface area contributed by atoms with E-state index in [9.17, 15) is 10.1 Å². The molecule has 2 heterocycles. The Hall–Kier alpha value is -5.42. The second-order valence-electron chi connectivity index (χ2n) is 8.67. The van der Waals surface area contributed by atoms with Crippen molar-refractivity contribution in [2.75, 3.05) is 0 Å². The Morgan fingerprint density at radius 3 is 2.33 bits per heavy atom. The molecule has 0 saturated heterocycles. The van der Waals surface area contributed by atoms with E-state index in [2.05, 4.69) is 10.2 Å². The van der Waals surface area contributed by atoms with Crippen molar-refractivity contribution in [3.05, 3.63) is 123 Å². The Kier molecular flexibility index (Phi) is 7.56. The molecular formula is C29H24N8O2S. The third-order valence-corrected chi connectivity index (χ3v) is 6.99. The molecule has 5 aromatic rings. The van der Waals surface area contributed by atoms with Gasteiger partial charge in [0.15, 0.2) is 0 Å². The summed E-state index contributed by atoms with van der Waals surface area (Å²) in [6.07, 6.45) is 3.41. The van der Waals surface area contributed by atoms with Crippen LogP contribution in [0.1, 0.15) is 16.1 Å². The zero-order chi connectivity index (χ0) is 28.1. The molecule has 2 aromatic heterocycles. The first-order valence-electron chi connectivity index (χ1n) is 12.2. The van der Waals surface area contributed by atoms with Gasteiger partial charge in [0.05, 0.1) is 26.9 Å². The molecule has 0 aliphatic rings. The molecule has 0 aliphatic heterocycles. The number of nitrogens with two attached hydrogens (primary N) is 2. The maximum Gasteiger partial charge on any atom is 0.270 e. The van der Waals surface area contributed by atoms with Gasteiger partial charge < -0.3 is 11.5 Å². The number of nitro benzene ring substituents is 1. The van der Waals surface area contributed by atoms with E-state index < -0.39 is 4.92 Å². The fraction of sp³-hybridized carbons (Fsp3) is 0.0345. The van der Waals surface area contributed by atoms with E-state index in [4.69, 9.17) is 21.5 Å². The third kappa shape index (κ3) is 5.84. The number of hydrogen-bond donors (Lipinski definition) is 2. The Bertz CT molecular complexity index is 1750. The van der Waals surface area contributed by atoms with Crippen LogP contribution < -0.4 is 11.5 Å². The fourth-order valence-corrected chi connectivity index (χ4v) is 4.98. The number of nitro groups is 1. The van der Waals surface area contributed by atoms with Crippen molar-refractivity contribution in [3.63, 3.8) is 0 Å². The number of allylic oxidation sites excluding steroid dienone is 1. The van der Waals surface area contributed by atoms with E-state index in [-0.39, 0.29) is 11.6 Å². The van der Waals surface area contributed by atoms with Crippen molar-refractivity contribution in [2.24, 2.45) is 21.7 Å². The molecule has 198 valence electrons. The summed E-state index contributed by atoms with van der Waals surface area (Å²) < 4.78 is 1.82. The zero-order valence-corrected chi connectivity index (χ0v) is 22.2. The molecule has 0 bridgehead atoms. The number of nitrogens with zero attached hydrogens (tertiary/aromatic N) is 6. The molecule has 0 radical (unpaired) electrons. The van der Waals surface area contributed by atoms with Gasteiger partial charge in [-0.15, -0.1) is 10.2 Å². The minimum Gasteiger partial charge on any atom is -0.369 e. The highest BCUT2D eigenvalue weighted by Crippen LogP contribution is 2.32. The summed E-state index contributed by atoms with van der Waals surface area (Å²) in [5, 5.41) is 24.8. The minimum atomic E-state index is -0.441. The Morgan fingerprint density at radius 2 is 1.65 bits per heavy atom. The highest BCUT2D eigenvalue weighted by molar-refractivity contribution is 7.16. The van der Waals surface area contributed by atoms with Crippen molar-refractivity contribution in [3.8, 4) is 27.6 Å². The molecule has 4 N–H and O–H groups in total. The number of aryl methyl sites for hydroxylation is 1. The van der Waals surface area contributed by atoms with Crippen LogP contribution in [0.15, 0.2) is 107 Å². The Morgan fingerprint density at radius 1 is 0.950 bits per heavy atom. The van der Waals surface area contributed by atoms with E-state index in [1.165, 1.54) is 23.5 Å². The van der Waals surface area contributed by atoms with Crippen LogP contribution in [-0.4, -0.2) is 31.4 Å². The predicted octanol–water partition coefficient (Wildman–Crippen LogP) is 5.57. The lowest BCUT2D eigenvalue weighted by Gasteiger charge is -2.03. The van der Waals surface area contributed by atoms with Crippen LogP contribution in [0.25, 0.3) is 33.7 Å². The van der Waals surface area contributed by atoms with E-state index in [1.807, 2.05) is 78.3 Å². The summed E-state index contributed by atoms with van der Waals surface area (Å²) in [6, 6.07) is 28.2. The molecule has 40 heavy (non-hydrogen) atoms. The number of non-ortho nitro benzene ring substituents is 1. The molecule has 3 aromatic carbocycles. The zero-order valence-electron chi connectivity index (χ0n) is 21.4. The van der Waals surface area contributed by atoms with Crippen molar-refractivity contribution in [1.29, 1.82) is 0 Å². The second-order valence-corrected chi connectivity index (χ2v) is 9.64. The number of hydrogen-bond acceptors (Lipinski definition) is 7. The van der Waals surface area contributed by atoms with Gasteiger partial charge in [0, 0.05) is 23.3 Å². The van der Waals surface area contributed by atoms with Crippen molar-refractivity contribution < 1.29 is 4.92 Å². The maximum absolute atomic E-state index is 11.2. The van der Waals surface area contributed by atoms with Crippen LogP contribution in [0, 0.1) is 17.0 Å². The molecule has 0 fully saturated rings. The first kappa shape index (κ1) is 26.2. The lowest BCUT2D eigenvalue weighted by atomic mass is 10.1. The average molecular weight is 549 g/mol. The van der Waals surface area contributed by atoms with Gasteiger partial charge in [-0.25, -0.2) is 9.67 Å². The largest absolute Gasteiger partial charge is 0.369 e. The minimum absolute atomic E-state index is 0.0116. The van der Waals surface area contributed by atoms with Crippen LogP contribution in [0.4, 0.5) is 5.69 Å². The van der Waals surface area contributed by atoms with Gasteiger partial charge >= 0.3 is 0 Å². The normalized spacial score (nSPS) is 11.6. The van der Waals surface area contributed by atoms with E-state index in [1.54, 1.807) is 24.3 Å². The van der Waals surface area contributed by atoms with Gasteiger partial charge in [0.1, 0.15) is 5.71 Å². The van der Waals surface area contributed by atoms with E-state index >= 15 is 0 Å².